The lowest BCUT2D eigenvalue weighted by Gasteiger charge is -2.08. The van der Waals surface area contributed by atoms with Crippen molar-refractivity contribution < 1.29 is 14.4 Å². The molecule has 0 aliphatic carbocycles. The highest BCUT2D eigenvalue weighted by Crippen LogP contribution is 2.18. The average Bonchev–Trinajstić information content (AvgIpc) is 3.17. The van der Waals surface area contributed by atoms with E-state index in [0.717, 1.165) is 5.69 Å². The van der Waals surface area contributed by atoms with Crippen LogP contribution in [-0.2, 0) is 20.8 Å². The van der Waals surface area contributed by atoms with Gasteiger partial charge in [0.15, 0.2) is 5.13 Å². The van der Waals surface area contributed by atoms with Crippen LogP contribution in [0.25, 0.3) is 0 Å². The molecule has 0 spiro atoms. The minimum Gasteiger partial charge on any atom is -0.344 e. The maximum Gasteiger partial charge on any atom is 0.248 e. The third kappa shape index (κ3) is 4.17. The first kappa shape index (κ1) is 16.1. The summed E-state index contributed by atoms with van der Waals surface area (Å²) in [6.45, 7) is 0. The number of hydrogen-bond donors (Lipinski definition) is 3. The van der Waals surface area contributed by atoms with Crippen molar-refractivity contribution in [1.29, 1.82) is 0 Å². The van der Waals surface area contributed by atoms with Crippen molar-refractivity contribution in [2.24, 2.45) is 0 Å². The molecule has 1 atom stereocenters. The summed E-state index contributed by atoms with van der Waals surface area (Å²) < 4.78 is 0. The molecule has 1 aromatic carbocycles. The van der Waals surface area contributed by atoms with Gasteiger partial charge in [0, 0.05) is 17.5 Å². The van der Waals surface area contributed by atoms with Crippen LogP contribution in [0.15, 0.2) is 35.7 Å². The maximum atomic E-state index is 12.0. The van der Waals surface area contributed by atoms with Crippen LogP contribution >= 0.6 is 11.3 Å². The molecule has 2 heterocycles. The van der Waals surface area contributed by atoms with Gasteiger partial charge in [-0.15, -0.1) is 11.3 Å². The largest absolute Gasteiger partial charge is 0.344 e. The molecule has 0 bridgehead atoms. The minimum atomic E-state index is -0.508. The highest BCUT2D eigenvalue weighted by atomic mass is 32.1. The van der Waals surface area contributed by atoms with Crippen LogP contribution in [0.3, 0.4) is 0 Å². The lowest BCUT2D eigenvalue weighted by atomic mass is 10.2. The molecule has 0 saturated carbocycles. The first-order chi connectivity index (χ1) is 11.6. The number of thiazole rings is 1. The van der Waals surface area contributed by atoms with E-state index in [9.17, 15) is 14.4 Å². The Morgan fingerprint density at radius 3 is 2.75 bits per heavy atom. The summed E-state index contributed by atoms with van der Waals surface area (Å²) in [7, 11) is 0. The minimum absolute atomic E-state index is 0.118. The van der Waals surface area contributed by atoms with Crippen molar-refractivity contribution in [3.63, 3.8) is 0 Å². The van der Waals surface area contributed by atoms with E-state index in [0.29, 0.717) is 23.7 Å². The van der Waals surface area contributed by atoms with Crippen molar-refractivity contribution in [3.05, 3.63) is 41.4 Å². The fraction of sp³-hybridized carbons (Fsp3) is 0.250. The van der Waals surface area contributed by atoms with Gasteiger partial charge in [-0.2, -0.15) is 0 Å². The predicted octanol–water partition coefficient (Wildman–Crippen LogP) is 1.54. The molecule has 1 aliphatic heterocycles. The second-order valence-electron chi connectivity index (χ2n) is 5.38. The van der Waals surface area contributed by atoms with Gasteiger partial charge in [-0.3, -0.25) is 14.4 Å². The van der Waals surface area contributed by atoms with Gasteiger partial charge in [0.1, 0.15) is 6.04 Å². The summed E-state index contributed by atoms with van der Waals surface area (Å²) >= 11 is 1.25. The van der Waals surface area contributed by atoms with Gasteiger partial charge in [0.25, 0.3) is 0 Å². The van der Waals surface area contributed by atoms with Crippen LogP contribution in [-0.4, -0.2) is 28.7 Å². The molecule has 1 unspecified atom stereocenters. The summed E-state index contributed by atoms with van der Waals surface area (Å²) in [5.41, 5.74) is 1.31. The fourth-order valence-corrected chi connectivity index (χ4v) is 3.05. The third-order valence-corrected chi connectivity index (χ3v) is 4.30. The zero-order chi connectivity index (χ0) is 16.9. The normalized spacial score (nSPS) is 16.5. The number of benzene rings is 1. The summed E-state index contributed by atoms with van der Waals surface area (Å²) in [4.78, 5) is 39.3. The Kier molecular flexibility index (Phi) is 4.85. The van der Waals surface area contributed by atoms with Crippen molar-refractivity contribution >= 4 is 39.9 Å². The first-order valence-corrected chi connectivity index (χ1v) is 8.37. The van der Waals surface area contributed by atoms with Gasteiger partial charge in [0.2, 0.25) is 17.7 Å². The molecule has 3 N–H and O–H groups in total. The average molecular weight is 344 g/mol. The molecular formula is C16H16N4O3S. The number of anilines is 2. The van der Waals surface area contributed by atoms with E-state index in [-0.39, 0.29) is 24.1 Å². The standard InChI is InChI=1S/C16H16N4O3S/c21-13-7-6-12(19-13)15(23)20-16-18-11(9-24-16)8-14(22)17-10-4-2-1-3-5-10/h1-5,9,12H,6-8H2,(H,17,22)(H,19,21)(H,18,20,23). The second kappa shape index (κ2) is 7.22. The Morgan fingerprint density at radius 1 is 1.25 bits per heavy atom. The number of nitrogens with zero attached hydrogens (tertiary/aromatic N) is 1. The van der Waals surface area contributed by atoms with Crippen LogP contribution in [0.2, 0.25) is 0 Å². The second-order valence-corrected chi connectivity index (χ2v) is 6.24. The Morgan fingerprint density at radius 2 is 2.04 bits per heavy atom. The van der Waals surface area contributed by atoms with Gasteiger partial charge in [0.05, 0.1) is 12.1 Å². The topological polar surface area (TPSA) is 100 Å². The number of amides is 3. The fourth-order valence-electron chi connectivity index (χ4n) is 2.34. The lowest BCUT2D eigenvalue weighted by Crippen LogP contribution is -2.37. The molecule has 0 radical (unpaired) electrons. The SMILES string of the molecule is O=C(Cc1csc(NC(=O)C2CCC(=O)N2)n1)Nc1ccccc1. The summed E-state index contributed by atoms with van der Waals surface area (Å²) in [5, 5.41) is 10.2. The molecular weight excluding hydrogens is 328 g/mol. The molecule has 1 saturated heterocycles. The van der Waals surface area contributed by atoms with E-state index >= 15 is 0 Å². The van der Waals surface area contributed by atoms with E-state index < -0.39 is 6.04 Å². The Balaban J connectivity index is 1.52. The Bertz CT molecular complexity index is 760. The number of nitrogens with one attached hydrogen (secondary N) is 3. The monoisotopic (exact) mass is 344 g/mol. The number of carbonyl (C=O) groups is 3. The molecule has 1 fully saturated rings. The molecule has 1 aromatic heterocycles. The molecule has 24 heavy (non-hydrogen) atoms. The summed E-state index contributed by atoms with van der Waals surface area (Å²) in [6, 6.07) is 8.66. The van der Waals surface area contributed by atoms with E-state index in [1.54, 1.807) is 17.5 Å². The van der Waals surface area contributed by atoms with Crippen LogP contribution in [0.5, 0.6) is 0 Å². The third-order valence-electron chi connectivity index (χ3n) is 3.49. The Labute approximate surface area is 142 Å². The zero-order valence-electron chi connectivity index (χ0n) is 12.7. The molecule has 3 amide bonds. The van der Waals surface area contributed by atoms with Gasteiger partial charge in [-0.05, 0) is 18.6 Å². The molecule has 3 rings (SSSR count). The van der Waals surface area contributed by atoms with Crippen LogP contribution < -0.4 is 16.0 Å². The van der Waals surface area contributed by atoms with Crippen molar-refractivity contribution in [2.75, 3.05) is 10.6 Å². The van der Waals surface area contributed by atoms with E-state index in [1.807, 2.05) is 18.2 Å². The number of aromatic nitrogens is 1. The highest BCUT2D eigenvalue weighted by Gasteiger charge is 2.27. The van der Waals surface area contributed by atoms with Crippen LogP contribution in [0, 0.1) is 0 Å². The maximum absolute atomic E-state index is 12.0. The smallest absolute Gasteiger partial charge is 0.248 e. The Hall–Kier alpha value is -2.74. The van der Waals surface area contributed by atoms with Crippen LogP contribution in [0.4, 0.5) is 10.8 Å². The van der Waals surface area contributed by atoms with E-state index in [4.69, 9.17) is 0 Å². The number of rotatable bonds is 5. The quantitative estimate of drug-likeness (QED) is 0.766. The molecule has 124 valence electrons. The van der Waals surface area contributed by atoms with Gasteiger partial charge < -0.3 is 16.0 Å². The van der Waals surface area contributed by atoms with Gasteiger partial charge in [-0.1, -0.05) is 18.2 Å². The number of para-hydroxylation sites is 1. The van der Waals surface area contributed by atoms with Crippen molar-refractivity contribution in [3.8, 4) is 0 Å². The molecule has 8 heteroatoms. The molecule has 1 aliphatic rings. The number of hydrogen-bond acceptors (Lipinski definition) is 5. The van der Waals surface area contributed by atoms with Crippen molar-refractivity contribution in [1.82, 2.24) is 10.3 Å². The zero-order valence-corrected chi connectivity index (χ0v) is 13.6. The highest BCUT2D eigenvalue weighted by molar-refractivity contribution is 7.13. The molecule has 2 aromatic rings. The molecule has 7 nitrogen and oxygen atoms in total. The van der Waals surface area contributed by atoms with E-state index in [2.05, 4.69) is 20.9 Å². The summed E-state index contributed by atoms with van der Waals surface area (Å²) in [6.07, 6.45) is 0.977. The first-order valence-electron chi connectivity index (χ1n) is 7.50. The van der Waals surface area contributed by atoms with Gasteiger partial charge in [-0.25, -0.2) is 4.98 Å². The predicted molar refractivity (Wildman–Crippen MR) is 90.7 cm³/mol. The van der Waals surface area contributed by atoms with Gasteiger partial charge >= 0.3 is 0 Å². The number of carbonyl (C=O) groups excluding carboxylic acids is 3. The van der Waals surface area contributed by atoms with E-state index in [1.165, 1.54) is 11.3 Å². The summed E-state index contributed by atoms with van der Waals surface area (Å²) in [5.74, 6) is -0.574. The van der Waals surface area contributed by atoms with Crippen LogP contribution in [0.1, 0.15) is 18.5 Å². The van der Waals surface area contributed by atoms with Crippen molar-refractivity contribution in [2.45, 2.75) is 25.3 Å². The lowest BCUT2D eigenvalue weighted by molar-refractivity contribution is -0.122.